The second-order valence-electron chi connectivity index (χ2n) is 4.46. The highest BCUT2D eigenvalue weighted by Gasteiger charge is 2.10. The van der Waals surface area contributed by atoms with Crippen LogP contribution in [0, 0.1) is 13.8 Å². The molecule has 2 rings (SSSR count). The quantitative estimate of drug-likeness (QED) is 0.653. The van der Waals surface area contributed by atoms with E-state index in [-0.39, 0.29) is 0 Å². The number of esters is 1. The molecule has 20 heavy (non-hydrogen) atoms. The fraction of sp³-hybridized carbons (Fsp3) is 0.462. The summed E-state index contributed by atoms with van der Waals surface area (Å²) in [7, 11) is 1.35. The van der Waals surface area contributed by atoms with E-state index in [4.69, 9.17) is 0 Å². The molecule has 0 saturated carbocycles. The van der Waals surface area contributed by atoms with E-state index >= 15 is 0 Å². The number of nitrogens with one attached hydrogen (secondary N) is 1. The Labute approximate surface area is 121 Å². The normalized spacial score (nSPS) is 10.6. The van der Waals surface area contributed by atoms with Gasteiger partial charge in [0.05, 0.1) is 12.8 Å². The standard InChI is InChI=1S/C13H18N4O2S/c1-9-7-10(2)17(16-9)6-4-5-14-13-15-11(8-20-13)12(18)19-3/h7-8H,4-6H2,1-3H3,(H,14,15). The maximum absolute atomic E-state index is 11.3. The van der Waals surface area contributed by atoms with E-state index in [1.165, 1.54) is 24.1 Å². The maximum atomic E-state index is 11.3. The van der Waals surface area contributed by atoms with Crippen LogP contribution in [-0.4, -0.2) is 34.4 Å². The number of carbonyl (C=O) groups is 1. The van der Waals surface area contributed by atoms with Crippen LogP contribution in [0.5, 0.6) is 0 Å². The van der Waals surface area contributed by atoms with E-state index in [1.807, 2.05) is 11.6 Å². The van der Waals surface area contributed by atoms with Gasteiger partial charge in [-0.25, -0.2) is 9.78 Å². The zero-order valence-corrected chi connectivity index (χ0v) is 12.7. The van der Waals surface area contributed by atoms with Crippen LogP contribution < -0.4 is 5.32 Å². The smallest absolute Gasteiger partial charge is 0.357 e. The summed E-state index contributed by atoms with van der Waals surface area (Å²) < 4.78 is 6.61. The molecule has 0 atom stereocenters. The number of rotatable bonds is 6. The van der Waals surface area contributed by atoms with Gasteiger partial charge in [-0.15, -0.1) is 11.3 Å². The summed E-state index contributed by atoms with van der Waals surface area (Å²) >= 11 is 1.40. The van der Waals surface area contributed by atoms with Gasteiger partial charge in [0.25, 0.3) is 0 Å². The monoisotopic (exact) mass is 294 g/mol. The number of hydrogen-bond donors (Lipinski definition) is 1. The Kier molecular flexibility index (Phi) is 4.73. The first-order valence-electron chi connectivity index (χ1n) is 6.39. The van der Waals surface area contributed by atoms with Crippen molar-refractivity contribution in [3.05, 3.63) is 28.5 Å². The lowest BCUT2D eigenvalue weighted by molar-refractivity contribution is 0.0595. The van der Waals surface area contributed by atoms with Gasteiger partial charge in [-0.2, -0.15) is 5.10 Å². The van der Waals surface area contributed by atoms with Gasteiger partial charge < -0.3 is 10.1 Å². The lowest BCUT2D eigenvalue weighted by Crippen LogP contribution is -2.09. The summed E-state index contributed by atoms with van der Waals surface area (Å²) in [4.78, 5) is 15.4. The lowest BCUT2D eigenvalue weighted by atomic mass is 10.4. The third-order valence-corrected chi connectivity index (χ3v) is 3.62. The molecule has 2 aromatic heterocycles. The molecule has 0 radical (unpaired) electrons. The van der Waals surface area contributed by atoms with E-state index in [0.29, 0.717) is 5.69 Å². The predicted octanol–water partition coefficient (Wildman–Crippen LogP) is 2.25. The maximum Gasteiger partial charge on any atom is 0.357 e. The molecule has 0 aliphatic carbocycles. The molecule has 6 nitrogen and oxygen atoms in total. The first-order chi connectivity index (χ1) is 9.60. The minimum atomic E-state index is -0.406. The second kappa shape index (κ2) is 6.51. The Morgan fingerprint density at radius 3 is 2.95 bits per heavy atom. The average Bonchev–Trinajstić information content (AvgIpc) is 3.01. The van der Waals surface area contributed by atoms with E-state index in [1.54, 1.807) is 5.38 Å². The van der Waals surface area contributed by atoms with Gasteiger partial charge in [0, 0.05) is 24.2 Å². The SMILES string of the molecule is COC(=O)c1csc(NCCCn2nc(C)cc2C)n1. The zero-order valence-electron chi connectivity index (χ0n) is 11.8. The van der Waals surface area contributed by atoms with E-state index in [2.05, 4.69) is 33.1 Å². The van der Waals surface area contributed by atoms with E-state index < -0.39 is 5.97 Å². The molecule has 7 heteroatoms. The highest BCUT2D eigenvalue weighted by Crippen LogP contribution is 2.15. The minimum absolute atomic E-state index is 0.346. The number of carbonyl (C=O) groups excluding carboxylic acids is 1. The summed E-state index contributed by atoms with van der Waals surface area (Å²) in [5.41, 5.74) is 2.56. The van der Waals surface area contributed by atoms with Crippen molar-refractivity contribution in [1.82, 2.24) is 14.8 Å². The van der Waals surface area contributed by atoms with E-state index in [9.17, 15) is 4.79 Å². The number of anilines is 1. The number of aromatic nitrogens is 3. The summed E-state index contributed by atoms with van der Waals surface area (Å²) in [6.07, 6.45) is 0.940. The Morgan fingerprint density at radius 1 is 1.50 bits per heavy atom. The van der Waals surface area contributed by atoms with Crippen LogP contribution in [0.3, 0.4) is 0 Å². The van der Waals surface area contributed by atoms with Crippen molar-refractivity contribution >= 4 is 22.4 Å². The second-order valence-corrected chi connectivity index (χ2v) is 5.32. The molecule has 0 amide bonds. The first kappa shape index (κ1) is 14.5. The molecule has 0 fully saturated rings. The van der Waals surface area contributed by atoms with Crippen LogP contribution in [0.4, 0.5) is 5.13 Å². The van der Waals surface area contributed by atoms with Crippen LogP contribution in [0.15, 0.2) is 11.4 Å². The van der Waals surface area contributed by atoms with Crippen LogP contribution in [0.1, 0.15) is 28.3 Å². The van der Waals surface area contributed by atoms with Crippen molar-refractivity contribution in [3.8, 4) is 0 Å². The third-order valence-electron chi connectivity index (χ3n) is 2.82. The summed E-state index contributed by atoms with van der Waals surface area (Å²) in [6, 6.07) is 2.07. The number of aryl methyl sites for hydroxylation is 3. The molecule has 0 aromatic carbocycles. The average molecular weight is 294 g/mol. The van der Waals surface area contributed by atoms with Crippen LogP contribution in [0.2, 0.25) is 0 Å². The summed E-state index contributed by atoms with van der Waals surface area (Å²) in [5.74, 6) is -0.406. The number of thiazole rings is 1. The Bertz CT molecular complexity index is 591. The van der Waals surface area contributed by atoms with Gasteiger partial charge in [0.15, 0.2) is 10.8 Å². The van der Waals surface area contributed by atoms with Gasteiger partial charge in [-0.3, -0.25) is 4.68 Å². The fourth-order valence-corrected chi connectivity index (χ4v) is 2.59. The third kappa shape index (κ3) is 3.57. The highest BCUT2D eigenvalue weighted by atomic mass is 32.1. The molecular weight excluding hydrogens is 276 g/mol. The summed E-state index contributed by atoms with van der Waals surface area (Å²) in [5, 5.41) is 10.0. The molecule has 0 aliphatic heterocycles. The van der Waals surface area contributed by atoms with Crippen molar-refractivity contribution in [1.29, 1.82) is 0 Å². The Balaban J connectivity index is 1.77. The topological polar surface area (TPSA) is 69.0 Å². The largest absolute Gasteiger partial charge is 0.464 e. The van der Waals surface area contributed by atoms with Crippen molar-refractivity contribution in [3.63, 3.8) is 0 Å². The molecule has 0 unspecified atom stereocenters. The van der Waals surface area contributed by atoms with Gasteiger partial charge in [-0.1, -0.05) is 0 Å². The van der Waals surface area contributed by atoms with Crippen molar-refractivity contribution in [2.75, 3.05) is 19.0 Å². The number of methoxy groups -OCH3 is 1. The Morgan fingerprint density at radius 2 is 2.30 bits per heavy atom. The predicted molar refractivity (Wildman–Crippen MR) is 78.3 cm³/mol. The van der Waals surface area contributed by atoms with Gasteiger partial charge in [0.1, 0.15) is 0 Å². The molecule has 0 aliphatic rings. The molecule has 0 saturated heterocycles. The van der Waals surface area contributed by atoms with Crippen molar-refractivity contribution in [2.24, 2.45) is 0 Å². The van der Waals surface area contributed by atoms with Crippen LogP contribution in [-0.2, 0) is 11.3 Å². The molecule has 0 spiro atoms. The summed E-state index contributed by atoms with van der Waals surface area (Å²) in [6.45, 7) is 5.69. The first-order valence-corrected chi connectivity index (χ1v) is 7.27. The lowest BCUT2D eigenvalue weighted by Gasteiger charge is -2.05. The molecular formula is C13H18N4O2S. The van der Waals surface area contributed by atoms with Gasteiger partial charge >= 0.3 is 5.97 Å². The van der Waals surface area contributed by atoms with Crippen molar-refractivity contribution in [2.45, 2.75) is 26.8 Å². The molecule has 2 aromatic rings. The number of ether oxygens (including phenoxy) is 1. The van der Waals surface area contributed by atoms with Crippen molar-refractivity contribution < 1.29 is 9.53 Å². The minimum Gasteiger partial charge on any atom is -0.464 e. The van der Waals surface area contributed by atoms with Crippen LogP contribution in [0.25, 0.3) is 0 Å². The van der Waals surface area contributed by atoms with E-state index in [0.717, 1.165) is 30.3 Å². The highest BCUT2D eigenvalue weighted by molar-refractivity contribution is 7.13. The molecule has 1 N–H and O–H groups in total. The number of hydrogen-bond acceptors (Lipinski definition) is 6. The number of nitrogens with zero attached hydrogens (tertiary/aromatic N) is 3. The molecule has 0 bridgehead atoms. The van der Waals surface area contributed by atoms with Gasteiger partial charge in [-0.05, 0) is 26.3 Å². The fourth-order valence-electron chi connectivity index (χ4n) is 1.88. The van der Waals surface area contributed by atoms with Gasteiger partial charge in [0.2, 0.25) is 0 Å². The Hall–Kier alpha value is -1.89. The zero-order chi connectivity index (χ0) is 14.5. The molecule has 108 valence electrons. The van der Waals surface area contributed by atoms with Crippen LogP contribution >= 0.6 is 11.3 Å². The molecule has 2 heterocycles.